The van der Waals surface area contributed by atoms with Gasteiger partial charge in [0.2, 0.25) is 0 Å². The minimum atomic E-state index is -0.170. The van der Waals surface area contributed by atoms with Gasteiger partial charge in [-0.3, -0.25) is 4.57 Å². The fraction of sp³-hybridized carbons (Fsp3) is 0.778. The lowest BCUT2D eigenvalue weighted by Gasteiger charge is -2.04. The van der Waals surface area contributed by atoms with Crippen molar-refractivity contribution in [3.8, 4) is 0 Å². The Bertz CT molecular complexity index is 350. The molecule has 0 aliphatic carbocycles. The first kappa shape index (κ1) is 13.3. The zero-order chi connectivity index (χ0) is 11.8. The van der Waals surface area contributed by atoms with E-state index in [0.29, 0.717) is 24.9 Å². The van der Waals surface area contributed by atoms with Crippen LogP contribution in [0.4, 0.5) is 0 Å². The van der Waals surface area contributed by atoms with Gasteiger partial charge in [0.15, 0.2) is 5.16 Å². The molecule has 7 heteroatoms. The van der Waals surface area contributed by atoms with Crippen molar-refractivity contribution in [2.24, 2.45) is 0 Å². The second-order valence-corrected chi connectivity index (χ2v) is 4.21. The van der Waals surface area contributed by atoms with Crippen LogP contribution in [0.5, 0.6) is 0 Å². The first-order chi connectivity index (χ1) is 7.79. The Balaban J connectivity index is 2.52. The molecule has 0 saturated heterocycles. The van der Waals surface area contributed by atoms with E-state index in [1.165, 1.54) is 11.8 Å². The monoisotopic (exact) mass is 247 g/mol. The molecule has 92 valence electrons. The highest BCUT2D eigenvalue weighted by Crippen LogP contribution is 2.12. The molecular weight excluding hydrogens is 230 g/mol. The molecule has 0 aromatic carbocycles. The van der Waals surface area contributed by atoms with Gasteiger partial charge in [-0.05, 0) is 6.42 Å². The van der Waals surface area contributed by atoms with E-state index < -0.39 is 0 Å². The van der Waals surface area contributed by atoms with Crippen molar-refractivity contribution in [2.75, 3.05) is 33.2 Å². The van der Waals surface area contributed by atoms with Crippen molar-refractivity contribution in [2.45, 2.75) is 18.1 Å². The zero-order valence-corrected chi connectivity index (χ0v) is 10.4. The summed E-state index contributed by atoms with van der Waals surface area (Å²) in [5.74, 6) is 0.783. The molecule has 0 bridgehead atoms. The summed E-state index contributed by atoms with van der Waals surface area (Å²) >= 11 is 1.51. The van der Waals surface area contributed by atoms with E-state index in [4.69, 9.17) is 9.47 Å². The van der Waals surface area contributed by atoms with Gasteiger partial charge in [0.1, 0.15) is 0 Å². The Kier molecular flexibility index (Phi) is 6.20. The molecule has 16 heavy (non-hydrogen) atoms. The van der Waals surface area contributed by atoms with Crippen LogP contribution >= 0.6 is 11.8 Å². The average Bonchev–Trinajstić information content (AvgIpc) is 2.62. The van der Waals surface area contributed by atoms with Crippen molar-refractivity contribution in [1.82, 2.24) is 14.8 Å². The minimum Gasteiger partial charge on any atom is -0.385 e. The van der Waals surface area contributed by atoms with Crippen molar-refractivity contribution in [1.29, 1.82) is 0 Å². The van der Waals surface area contributed by atoms with Gasteiger partial charge < -0.3 is 9.47 Å². The number of H-pyrrole nitrogens is 1. The predicted molar refractivity (Wildman–Crippen MR) is 61.9 cm³/mol. The van der Waals surface area contributed by atoms with E-state index in [1.54, 1.807) is 18.8 Å². The third-order valence-corrected chi connectivity index (χ3v) is 2.91. The van der Waals surface area contributed by atoms with E-state index in [1.807, 2.05) is 0 Å². The molecule has 0 spiro atoms. The molecule has 0 aliphatic rings. The van der Waals surface area contributed by atoms with Crippen LogP contribution in [0.2, 0.25) is 0 Å². The molecule has 1 aromatic rings. The van der Waals surface area contributed by atoms with E-state index >= 15 is 0 Å². The van der Waals surface area contributed by atoms with Gasteiger partial charge in [0.05, 0.1) is 6.61 Å². The number of hydrogen-bond donors (Lipinski definition) is 1. The standard InChI is InChI=1S/C9H17N3O3S/c1-14-5-3-4-12-8(13)10-11-9(12)16-7-6-15-2/h3-7H2,1-2H3,(H,10,13). The summed E-state index contributed by atoms with van der Waals surface area (Å²) in [5.41, 5.74) is -0.170. The number of nitrogens with one attached hydrogen (secondary N) is 1. The van der Waals surface area contributed by atoms with Crippen LogP contribution in [-0.4, -0.2) is 48.0 Å². The maximum absolute atomic E-state index is 11.4. The van der Waals surface area contributed by atoms with Crippen molar-refractivity contribution < 1.29 is 9.47 Å². The summed E-state index contributed by atoms with van der Waals surface area (Å²) in [7, 11) is 3.29. The van der Waals surface area contributed by atoms with Gasteiger partial charge in [0, 0.05) is 33.1 Å². The number of aromatic nitrogens is 3. The quantitative estimate of drug-likeness (QED) is 0.530. The minimum absolute atomic E-state index is 0.170. The van der Waals surface area contributed by atoms with Crippen LogP contribution in [0, 0.1) is 0 Å². The first-order valence-electron chi connectivity index (χ1n) is 5.05. The Morgan fingerprint density at radius 3 is 2.81 bits per heavy atom. The number of ether oxygens (including phenoxy) is 2. The summed E-state index contributed by atoms with van der Waals surface area (Å²) in [6.07, 6.45) is 0.799. The molecule has 1 aromatic heterocycles. The maximum atomic E-state index is 11.4. The third kappa shape index (κ3) is 3.99. The highest BCUT2D eigenvalue weighted by atomic mass is 32.2. The van der Waals surface area contributed by atoms with Crippen LogP contribution in [0.3, 0.4) is 0 Å². The summed E-state index contributed by atoms with van der Waals surface area (Å²) in [6.45, 7) is 1.90. The zero-order valence-electron chi connectivity index (χ0n) is 9.56. The number of rotatable bonds is 8. The van der Waals surface area contributed by atoms with Gasteiger partial charge in [-0.1, -0.05) is 11.8 Å². The van der Waals surface area contributed by atoms with Crippen LogP contribution in [0.25, 0.3) is 0 Å². The van der Waals surface area contributed by atoms with Crippen molar-refractivity contribution in [3.63, 3.8) is 0 Å². The lowest BCUT2D eigenvalue weighted by molar-refractivity contribution is 0.189. The van der Waals surface area contributed by atoms with Crippen LogP contribution < -0.4 is 5.69 Å². The van der Waals surface area contributed by atoms with Crippen molar-refractivity contribution >= 4 is 11.8 Å². The molecule has 0 atom stereocenters. The fourth-order valence-corrected chi connectivity index (χ4v) is 2.07. The molecular formula is C9H17N3O3S. The molecule has 1 N–H and O–H groups in total. The summed E-state index contributed by atoms with van der Waals surface area (Å²) in [5, 5.41) is 7.11. The largest absolute Gasteiger partial charge is 0.385 e. The molecule has 0 amide bonds. The lowest BCUT2D eigenvalue weighted by Crippen LogP contribution is -2.18. The van der Waals surface area contributed by atoms with E-state index in [0.717, 1.165) is 12.2 Å². The number of aromatic amines is 1. The maximum Gasteiger partial charge on any atom is 0.343 e. The van der Waals surface area contributed by atoms with Crippen molar-refractivity contribution in [3.05, 3.63) is 10.5 Å². The molecule has 0 unspecified atom stereocenters. The number of methoxy groups -OCH3 is 2. The third-order valence-electron chi connectivity index (χ3n) is 1.97. The number of thioether (sulfide) groups is 1. The summed E-state index contributed by atoms with van der Waals surface area (Å²) in [6, 6.07) is 0. The number of nitrogens with zero attached hydrogens (tertiary/aromatic N) is 2. The Morgan fingerprint density at radius 2 is 2.12 bits per heavy atom. The summed E-state index contributed by atoms with van der Waals surface area (Å²) in [4.78, 5) is 11.4. The van der Waals surface area contributed by atoms with Crippen LogP contribution in [-0.2, 0) is 16.0 Å². The van der Waals surface area contributed by atoms with Crippen LogP contribution in [0.1, 0.15) is 6.42 Å². The Morgan fingerprint density at radius 1 is 1.38 bits per heavy atom. The molecule has 0 saturated carbocycles. The Hall–Kier alpha value is -0.790. The molecule has 6 nitrogen and oxygen atoms in total. The molecule has 1 rings (SSSR count). The second kappa shape index (κ2) is 7.48. The van der Waals surface area contributed by atoms with E-state index in [9.17, 15) is 4.79 Å². The fourth-order valence-electron chi connectivity index (χ4n) is 1.19. The highest BCUT2D eigenvalue weighted by Gasteiger charge is 2.07. The first-order valence-corrected chi connectivity index (χ1v) is 6.04. The highest BCUT2D eigenvalue weighted by molar-refractivity contribution is 7.99. The summed E-state index contributed by atoms with van der Waals surface area (Å²) < 4.78 is 11.5. The topological polar surface area (TPSA) is 69.1 Å². The SMILES string of the molecule is COCCCn1c(SCCOC)n[nH]c1=O. The van der Waals surface area contributed by atoms with Gasteiger partial charge in [-0.15, -0.1) is 5.10 Å². The molecule has 0 aliphatic heterocycles. The molecule has 0 radical (unpaired) electrons. The van der Waals surface area contributed by atoms with E-state index in [-0.39, 0.29) is 5.69 Å². The second-order valence-electron chi connectivity index (χ2n) is 3.15. The smallest absolute Gasteiger partial charge is 0.343 e. The van der Waals surface area contributed by atoms with Gasteiger partial charge >= 0.3 is 5.69 Å². The lowest BCUT2D eigenvalue weighted by atomic mass is 10.4. The van der Waals surface area contributed by atoms with E-state index in [2.05, 4.69) is 10.2 Å². The average molecular weight is 247 g/mol. The normalized spacial score (nSPS) is 10.9. The predicted octanol–water partition coefficient (Wildman–Crippen LogP) is 0.346. The van der Waals surface area contributed by atoms with Gasteiger partial charge in [-0.25, -0.2) is 9.89 Å². The van der Waals surface area contributed by atoms with Gasteiger partial charge in [0.25, 0.3) is 0 Å². The molecule has 0 fully saturated rings. The number of hydrogen-bond acceptors (Lipinski definition) is 5. The molecule has 1 heterocycles. The van der Waals surface area contributed by atoms with Gasteiger partial charge in [-0.2, -0.15) is 0 Å². The van der Waals surface area contributed by atoms with Crippen LogP contribution in [0.15, 0.2) is 9.95 Å². The Labute approximate surface area is 98.3 Å².